The number of hydrogen-bond acceptors (Lipinski definition) is 3. The molecule has 4 rings (SSSR count). The van der Waals surface area contributed by atoms with Crippen molar-refractivity contribution >= 4 is 21.6 Å². The van der Waals surface area contributed by atoms with Crippen molar-refractivity contribution < 1.29 is 8.42 Å². The molecule has 0 fully saturated rings. The fraction of sp³-hybridized carbons (Fsp3) is 0.0870. The van der Waals surface area contributed by atoms with Crippen molar-refractivity contribution in [3.05, 3.63) is 88.9 Å². The molecule has 0 saturated carbocycles. The van der Waals surface area contributed by atoms with Crippen molar-refractivity contribution in [3.63, 3.8) is 0 Å². The molecule has 152 valence electrons. The van der Waals surface area contributed by atoms with E-state index in [0.717, 1.165) is 33.6 Å². The van der Waals surface area contributed by atoms with E-state index >= 15 is 0 Å². The Kier molecular flexibility index (Phi) is 5.24. The predicted octanol–water partition coefficient (Wildman–Crippen LogP) is 5.12. The summed E-state index contributed by atoms with van der Waals surface area (Å²) in [6, 6.07) is 21.9. The molecule has 0 unspecified atom stereocenters. The number of nitrogens with two attached hydrogens (primary N) is 1. The van der Waals surface area contributed by atoms with Crippen LogP contribution < -0.4 is 5.14 Å². The van der Waals surface area contributed by atoms with Crippen LogP contribution in [0.1, 0.15) is 11.1 Å². The molecule has 0 radical (unpaired) electrons. The first-order valence-corrected chi connectivity index (χ1v) is 11.2. The van der Waals surface area contributed by atoms with E-state index in [0.29, 0.717) is 10.7 Å². The molecule has 0 atom stereocenters. The number of para-hydroxylation sites is 1. The Morgan fingerprint density at radius 3 is 2.17 bits per heavy atom. The summed E-state index contributed by atoms with van der Waals surface area (Å²) in [4.78, 5) is 0.0105. The van der Waals surface area contributed by atoms with Gasteiger partial charge in [-0.15, -0.1) is 0 Å². The molecule has 30 heavy (non-hydrogen) atoms. The highest BCUT2D eigenvalue weighted by atomic mass is 35.5. The molecule has 4 aromatic rings. The van der Waals surface area contributed by atoms with Gasteiger partial charge in [0.25, 0.3) is 0 Å². The van der Waals surface area contributed by atoms with Gasteiger partial charge in [-0.25, -0.2) is 18.2 Å². The van der Waals surface area contributed by atoms with Crippen LogP contribution in [0.3, 0.4) is 0 Å². The van der Waals surface area contributed by atoms with Gasteiger partial charge in [-0.2, -0.15) is 5.10 Å². The van der Waals surface area contributed by atoms with Crippen LogP contribution in [0.2, 0.25) is 5.02 Å². The Morgan fingerprint density at radius 1 is 0.900 bits per heavy atom. The van der Waals surface area contributed by atoms with E-state index in [1.165, 1.54) is 6.07 Å². The molecular formula is C23H20ClN3O2S. The second kappa shape index (κ2) is 7.72. The topological polar surface area (TPSA) is 78.0 Å². The molecule has 0 bridgehead atoms. The minimum absolute atomic E-state index is 0.0105. The van der Waals surface area contributed by atoms with Gasteiger partial charge >= 0.3 is 0 Å². The minimum Gasteiger partial charge on any atom is -0.231 e. The van der Waals surface area contributed by atoms with E-state index in [1.807, 2.05) is 50.2 Å². The first-order valence-electron chi connectivity index (χ1n) is 9.30. The molecule has 0 aliphatic heterocycles. The van der Waals surface area contributed by atoms with E-state index in [2.05, 4.69) is 0 Å². The molecule has 0 saturated heterocycles. The number of hydrogen-bond donors (Lipinski definition) is 1. The van der Waals surface area contributed by atoms with E-state index in [9.17, 15) is 8.42 Å². The molecule has 0 aliphatic carbocycles. The maximum absolute atomic E-state index is 12.2. The minimum atomic E-state index is -3.94. The molecule has 3 aromatic carbocycles. The van der Waals surface area contributed by atoms with Crippen LogP contribution in [0, 0.1) is 13.8 Å². The molecule has 2 N–H and O–H groups in total. The van der Waals surface area contributed by atoms with Crippen molar-refractivity contribution in [2.45, 2.75) is 18.7 Å². The first-order chi connectivity index (χ1) is 14.3. The Labute approximate surface area is 180 Å². The van der Waals surface area contributed by atoms with Gasteiger partial charge in [-0.1, -0.05) is 54.1 Å². The third-order valence-electron chi connectivity index (χ3n) is 4.99. The number of halogens is 1. The van der Waals surface area contributed by atoms with Crippen LogP contribution >= 0.6 is 11.6 Å². The van der Waals surface area contributed by atoms with Crippen molar-refractivity contribution in [3.8, 4) is 28.2 Å². The molecule has 7 heteroatoms. The van der Waals surface area contributed by atoms with Crippen molar-refractivity contribution in [2.75, 3.05) is 0 Å². The maximum Gasteiger partial charge on any atom is 0.240 e. The van der Waals surface area contributed by atoms with Crippen LogP contribution in [-0.4, -0.2) is 18.2 Å². The van der Waals surface area contributed by atoms with Gasteiger partial charge in [-0.05, 0) is 55.3 Å². The van der Waals surface area contributed by atoms with Crippen LogP contribution in [-0.2, 0) is 10.0 Å². The highest BCUT2D eigenvalue weighted by molar-refractivity contribution is 7.89. The van der Waals surface area contributed by atoms with Crippen LogP contribution in [0.25, 0.3) is 28.2 Å². The molecule has 0 amide bonds. The third-order valence-corrected chi connectivity index (χ3v) is 6.20. The molecule has 5 nitrogen and oxygen atoms in total. The van der Waals surface area contributed by atoms with Gasteiger partial charge in [-0.3, -0.25) is 0 Å². The number of aryl methyl sites for hydroxylation is 2. The summed E-state index contributed by atoms with van der Waals surface area (Å²) in [5, 5.41) is 10.9. The van der Waals surface area contributed by atoms with Gasteiger partial charge in [0.2, 0.25) is 10.0 Å². The second-order valence-corrected chi connectivity index (χ2v) is 9.08. The van der Waals surface area contributed by atoms with Gasteiger partial charge in [0, 0.05) is 16.1 Å². The smallest absolute Gasteiger partial charge is 0.231 e. The van der Waals surface area contributed by atoms with Gasteiger partial charge < -0.3 is 0 Å². The summed E-state index contributed by atoms with van der Waals surface area (Å²) in [6.45, 7) is 4.06. The van der Waals surface area contributed by atoms with Crippen molar-refractivity contribution in [1.29, 1.82) is 0 Å². The lowest BCUT2D eigenvalue weighted by Gasteiger charge is -2.11. The summed E-state index contributed by atoms with van der Waals surface area (Å²) in [7, 11) is -3.94. The van der Waals surface area contributed by atoms with Crippen LogP contribution in [0.5, 0.6) is 0 Å². The Balaban J connectivity index is 2.04. The van der Waals surface area contributed by atoms with Crippen LogP contribution in [0.15, 0.2) is 77.7 Å². The van der Waals surface area contributed by atoms with Crippen molar-refractivity contribution in [1.82, 2.24) is 9.78 Å². The largest absolute Gasteiger partial charge is 0.240 e. The zero-order valence-electron chi connectivity index (χ0n) is 16.5. The van der Waals surface area contributed by atoms with E-state index < -0.39 is 10.0 Å². The van der Waals surface area contributed by atoms with Gasteiger partial charge in [0.1, 0.15) is 4.90 Å². The zero-order valence-corrected chi connectivity index (χ0v) is 18.1. The molecule has 1 aromatic heterocycles. The Morgan fingerprint density at radius 2 is 1.53 bits per heavy atom. The summed E-state index contributed by atoms with van der Waals surface area (Å²) >= 11 is 6.07. The van der Waals surface area contributed by atoms with Gasteiger partial charge in [0.15, 0.2) is 0 Å². The van der Waals surface area contributed by atoms with Gasteiger partial charge in [0.05, 0.1) is 17.1 Å². The standard InChI is InChI=1S/C23H20ClN3O2S/c1-15-6-5-7-16(2)23(15)19-14-21(17-10-12-18(24)13-11-17)27(26-19)20-8-3-4-9-22(20)30(25,28)29/h3-14H,1-2H3,(H2,25,28,29). The van der Waals surface area contributed by atoms with E-state index in [-0.39, 0.29) is 4.90 Å². The monoisotopic (exact) mass is 437 g/mol. The lowest BCUT2D eigenvalue weighted by atomic mass is 9.99. The quantitative estimate of drug-likeness (QED) is 0.481. The fourth-order valence-electron chi connectivity index (χ4n) is 3.60. The fourth-order valence-corrected chi connectivity index (χ4v) is 4.44. The lowest BCUT2D eigenvalue weighted by molar-refractivity contribution is 0.596. The number of sulfonamides is 1. The lowest BCUT2D eigenvalue weighted by Crippen LogP contribution is -2.16. The van der Waals surface area contributed by atoms with E-state index in [4.69, 9.17) is 21.8 Å². The van der Waals surface area contributed by atoms with Crippen molar-refractivity contribution in [2.24, 2.45) is 5.14 Å². The molecule has 0 spiro atoms. The summed E-state index contributed by atoms with van der Waals surface area (Å²) in [5.74, 6) is 0. The van der Waals surface area contributed by atoms with Crippen LogP contribution in [0.4, 0.5) is 0 Å². The predicted molar refractivity (Wildman–Crippen MR) is 120 cm³/mol. The Bertz CT molecular complexity index is 1320. The summed E-state index contributed by atoms with van der Waals surface area (Å²) in [5.41, 5.74) is 5.92. The number of primary sulfonamides is 1. The second-order valence-electron chi connectivity index (χ2n) is 7.11. The molecular weight excluding hydrogens is 418 g/mol. The molecule has 0 aliphatic rings. The zero-order chi connectivity index (χ0) is 21.5. The number of aromatic nitrogens is 2. The number of rotatable bonds is 4. The normalized spacial score (nSPS) is 11.6. The summed E-state index contributed by atoms with van der Waals surface area (Å²) < 4.78 is 26.1. The highest BCUT2D eigenvalue weighted by Crippen LogP contribution is 2.33. The SMILES string of the molecule is Cc1cccc(C)c1-c1cc(-c2ccc(Cl)cc2)n(-c2ccccc2S(N)(=O)=O)n1. The number of nitrogens with zero attached hydrogens (tertiary/aromatic N) is 2. The maximum atomic E-state index is 12.2. The average Bonchev–Trinajstić information content (AvgIpc) is 3.12. The third kappa shape index (κ3) is 3.77. The Hall–Kier alpha value is -2.93. The average molecular weight is 438 g/mol. The number of benzene rings is 3. The molecule has 1 heterocycles. The summed E-state index contributed by atoms with van der Waals surface area (Å²) in [6.07, 6.45) is 0. The first kappa shape index (κ1) is 20.3. The van der Waals surface area contributed by atoms with E-state index in [1.54, 1.807) is 35.0 Å². The highest BCUT2D eigenvalue weighted by Gasteiger charge is 2.21.